The number of nitrogens with two attached hydrogens (primary N) is 1. The van der Waals surface area contributed by atoms with Crippen molar-refractivity contribution in [3.63, 3.8) is 0 Å². The van der Waals surface area contributed by atoms with Gasteiger partial charge >= 0.3 is 0 Å². The van der Waals surface area contributed by atoms with Crippen LogP contribution in [0.25, 0.3) is 0 Å². The number of nitrogens with one attached hydrogen (secondary N) is 1. The van der Waals surface area contributed by atoms with E-state index in [1.54, 1.807) is 6.07 Å². The van der Waals surface area contributed by atoms with E-state index in [-0.39, 0.29) is 5.82 Å². The maximum atomic E-state index is 13.5. The van der Waals surface area contributed by atoms with E-state index in [9.17, 15) is 4.39 Å². The van der Waals surface area contributed by atoms with Gasteiger partial charge in [-0.25, -0.2) is 4.39 Å². The third-order valence-corrected chi connectivity index (χ3v) is 3.35. The Morgan fingerprint density at radius 2 is 2.11 bits per heavy atom. The summed E-state index contributed by atoms with van der Waals surface area (Å²) < 4.78 is 13.9. The molecule has 0 saturated heterocycles. The monoisotopic (exact) mass is 329 g/mol. The number of nitrogens with zero attached hydrogens (tertiary/aromatic N) is 1. The van der Waals surface area contributed by atoms with Gasteiger partial charge in [0.2, 0.25) is 0 Å². The number of hydrogen-bond donors (Lipinski definition) is 2. The van der Waals surface area contributed by atoms with E-state index in [2.05, 4.69) is 26.2 Å². The van der Waals surface area contributed by atoms with Gasteiger partial charge < -0.3 is 11.1 Å². The average Bonchev–Trinajstić information content (AvgIpc) is 2.30. The van der Waals surface area contributed by atoms with Crippen LogP contribution in [-0.2, 0) is 0 Å². The molecule has 18 heavy (non-hydrogen) atoms. The molecule has 0 unspecified atom stereocenters. The molecule has 0 aliphatic heterocycles. The summed E-state index contributed by atoms with van der Waals surface area (Å²) in [5, 5.41) is 3.41. The fourth-order valence-corrected chi connectivity index (χ4v) is 2.17. The second-order valence-electron chi connectivity index (χ2n) is 3.79. The van der Waals surface area contributed by atoms with Crippen molar-refractivity contribution in [2.45, 2.75) is 6.92 Å². The third kappa shape index (κ3) is 2.57. The lowest BCUT2D eigenvalue weighted by Gasteiger charge is -2.13. The number of aromatic nitrogens is 1. The average molecular weight is 331 g/mol. The minimum atomic E-state index is -0.355. The molecule has 0 atom stereocenters. The zero-order valence-corrected chi connectivity index (χ0v) is 11.8. The summed E-state index contributed by atoms with van der Waals surface area (Å²) in [4.78, 5) is 3.86. The molecule has 0 spiro atoms. The summed E-state index contributed by atoms with van der Waals surface area (Å²) in [5.74, 6) is -0.355. The van der Waals surface area contributed by atoms with Crippen molar-refractivity contribution >= 4 is 44.6 Å². The molecule has 1 aromatic carbocycles. The summed E-state index contributed by atoms with van der Waals surface area (Å²) in [6.45, 7) is 1.86. The van der Waals surface area contributed by atoms with Crippen LogP contribution >= 0.6 is 27.5 Å². The lowest BCUT2D eigenvalue weighted by atomic mass is 10.2. The molecule has 0 saturated carbocycles. The molecule has 1 heterocycles. The highest BCUT2D eigenvalue weighted by Crippen LogP contribution is 2.32. The summed E-state index contributed by atoms with van der Waals surface area (Å²) in [6.07, 6.45) is 2.96. The van der Waals surface area contributed by atoms with Crippen molar-refractivity contribution in [3.05, 3.63) is 45.4 Å². The number of anilines is 3. The van der Waals surface area contributed by atoms with Gasteiger partial charge in [0.1, 0.15) is 5.82 Å². The molecule has 0 radical (unpaired) electrons. The lowest BCUT2D eigenvalue weighted by molar-refractivity contribution is 0.621. The Hall–Kier alpha value is -1.33. The fourth-order valence-electron chi connectivity index (χ4n) is 1.50. The van der Waals surface area contributed by atoms with Gasteiger partial charge in [-0.1, -0.05) is 11.6 Å². The van der Waals surface area contributed by atoms with Crippen molar-refractivity contribution < 1.29 is 4.39 Å². The molecular weight excluding hydrogens is 321 g/mol. The number of rotatable bonds is 2. The second kappa shape index (κ2) is 5.12. The van der Waals surface area contributed by atoms with Crippen molar-refractivity contribution in [2.24, 2.45) is 0 Å². The molecule has 3 N–H and O–H groups in total. The van der Waals surface area contributed by atoms with E-state index in [1.165, 1.54) is 18.5 Å². The zero-order chi connectivity index (χ0) is 13.3. The Balaban J connectivity index is 2.43. The standard InChI is InChI=1S/C12H10BrClFN3/c1-6-2-7(13)9(15)3-11(6)18-12-8(14)4-17-5-10(12)16/h2-5H,16H2,1H3,(H,17,18). The van der Waals surface area contributed by atoms with Gasteiger partial charge in [-0.2, -0.15) is 0 Å². The van der Waals surface area contributed by atoms with Gasteiger partial charge in [0, 0.05) is 11.9 Å². The summed E-state index contributed by atoms with van der Waals surface area (Å²) in [6, 6.07) is 3.07. The molecule has 0 aliphatic rings. The van der Waals surface area contributed by atoms with Crippen LogP contribution in [0.3, 0.4) is 0 Å². The first kappa shape index (κ1) is 13.1. The van der Waals surface area contributed by atoms with Crippen molar-refractivity contribution in [3.8, 4) is 0 Å². The molecule has 0 fully saturated rings. The number of aryl methyl sites for hydroxylation is 1. The SMILES string of the molecule is Cc1cc(Br)c(F)cc1Nc1c(N)cncc1Cl. The van der Waals surface area contributed by atoms with Crippen LogP contribution in [0, 0.1) is 12.7 Å². The topological polar surface area (TPSA) is 50.9 Å². The maximum absolute atomic E-state index is 13.5. The molecule has 6 heteroatoms. The largest absolute Gasteiger partial charge is 0.396 e. The molecule has 0 bridgehead atoms. The predicted octanol–water partition coefficient (Wildman–Crippen LogP) is 4.27. The number of halogens is 3. The lowest BCUT2D eigenvalue weighted by Crippen LogP contribution is -2.00. The first-order valence-electron chi connectivity index (χ1n) is 5.10. The Labute approximate surface area is 117 Å². The number of pyridine rings is 1. The van der Waals surface area contributed by atoms with Crippen LogP contribution < -0.4 is 11.1 Å². The number of hydrogen-bond acceptors (Lipinski definition) is 3. The molecular formula is C12H10BrClFN3. The quantitative estimate of drug-likeness (QED) is 0.864. The molecule has 1 aromatic heterocycles. The Bertz CT molecular complexity index is 584. The first-order chi connectivity index (χ1) is 8.49. The molecule has 2 aromatic rings. The van der Waals surface area contributed by atoms with E-state index in [0.717, 1.165) is 5.56 Å². The molecule has 2 rings (SSSR count). The van der Waals surface area contributed by atoms with E-state index in [4.69, 9.17) is 17.3 Å². The smallest absolute Gasteiger partial charge is 0.139 e. The van der Waals surface area contributed by atoms with Crippen molar-refractivity contribution in [1.29, 1.82) is 0 Å². The number of nitrogen functional groups attached to an aromatic ring is 1. The van der Waals surface area contributed by atoms with Gasteiger partial charge in [0.15, 0.2) is 0 Å². The number of benzene rings is 1. The van der Waals surface area contributed by atoms with Crippen LogP contribution in [0.5, 0.6) is 0 Å². The van der Waals surface area contributed by atoms with E-state index >= 15 is 0 Å². The second-order valence-corrected chi connectivity index (χ2v) is 5.05. The Morgan fingerprint density at radius 1 is 1.39 bits per heavy atom. The van der Waals surface area contributed by atoms with Crippen LogP contribution in [0.2, 0.25) is 5.02 Å². The minimum Gasteiger partial charge on any atom is -0.396 e. The van der Waals surface area contributed by atoms with E-state index < -0.39 is 0 Å². The van der Waals surface area contributed by atoms with Gasteiger partial charge in [-0.3, -0.25) is 4.98 Å². The maximum Gasteiger partial charge on any atom is 0.139 e. The van der Waals surface area contributed by atoms with Crippen molar-refractivity contribution in [1.82, 2.24) is 4.98 Å². The van der Waals surface area contributed by atoms with Crippen LogP contribution in [-0.4, -0.2) is 4.98 Å². The summed E-state index contributed by atoms with van der Waals surface area (Å²) >= 11 is 9.13. The molecule has 94 valence electrons. The Morgan fingerprint density at radius 3 is 2.78 bits per heavy atom. The molecule has 0 aliphatic carbocycles. The summed E-state index contributed by atoms with van der Waals surface area (Å²) in [7, 11) is 0. The van der Waals surface area contributed by atoms with E-state index in [0.29, 0.717) is 26.6 Å². The van der Waals surface area contributed by atoms with Crippen LogP contribution in [0.4, 0.5) is 21.5 Å². The minimum absolute atomic E-state index is 0.355. The predicted molar refractivity (Wildman–Crippen MR) is 75.8 cm³/mol. The summed E-state index contributed by atoms with van der Waals surface area (Å²) in [5.41, 5.74) is 8.18. The Kier molecular flexibility index (Phi) is 3.73. The van der Waals surface area contributed by atoms with Gasteiger partial charge in [0.25, 0.3) is 0 Å². The third-order valence-electron chi connectivity index (χ3n) is 2.46. The molecule has 0 amide bonds. The zero-order valence-electron chi connectivity index (χ0n) is 9.47. The van der Waals surface area contributed by atoms with Crippen molar-refractivity contribution in [2.75, 3.05) is 11.1 Å². The first-order valence-corrected chi connectivity index (χ1v) is 6.28. The van der Waals surface area contributed by atoms with E-state index in [1.807, 2.05) is 6.92 Å². The normalized spacial score (nSPS) is 10.4. The highest BCUT2D eigenvalue weighted by Gasteiger charge is 2.09. The van der Waals surface area contributed by atoms with Gasteiger partial charge in [0.05, 0.1) is 27.1 Å². The van der Waals surface area contributed by atoms with Gasteiger partial charge in [-0.05, 0) is 40.5 Å². The molecule has 3 nitrogen and oxygen atoms in total. The fraction of sp³-hybridized carbons (Fsp3) is 0.0833. The highest BCUT2D eigenvalue weighted by molar-refractivity contribution is 9.10. The highest BCUT2D eigenvalue weighted by atomic mass is 79.9. The van der Waals surface area contributed by atoms with Crippen LogP contribution in [0.15, 0.2) is 29.0 Å². The van der Waals surface area contributed by atoms with Gasteiger partial charge in [-0.15, -0.1) is 0 Å². The van der Waals surface area contributed by atoms with Crippen LogP contribution in [0.1, 0.15) is 5.56 Å².